The summed E-state index contributed by atoms with van der Waals surface area (Å²) < 4.78 is 0. The summed E-state index contributed by atoms with van der Waals surface area (Å²) in [6.07, 6.45) is 2.44. The third kappa shape index (κ3) is 3.07. The molecule has 1 atom stereocenters. The monoisotopic (exact) mass is 254 g/mol. The Labute approximate surface area is 108 Å². The maximum atomic E-state index is 5.92. The number of anilines is 1. The van der Waals surface area contributed by atoms with Crippen molar-refractivity contribution in [3.8, 4) is 0 Å². The normalized spacial score (nSPS) is 20.3. The van der Waals surface area contributed by atoms with Crippen molar-refractivity contribution in [2.75, 3.05) is 32.1 Å². The van der Waals surface area contributed by atoms with E-state index in [0.717, 1.165) is 24.6 Å². The average Bonchev–Trinajstić information content (AvgIpc) is 2.63. The molecule has 2 rings (SSSR count). The number of aromatic nitrogens is 2. The average molecular weight is 255 g/mol. The van der Waals surface area contributed by atoms with E-state index in [1.54, 1.807) is 0 Å². The van der Waals surface area contributed by atoms with E-state index in [-0.39, 0.29) is 0 Å². The zero-order chi connectivity index (χ0) is 12.4. The number of hydrogen-bond donors (Lipinski definition) is 0. The minimum absolute atomic E-state index is 0.343. The standard InChI is InChI=1S/C12H19ClN4/c1-9-7-11(15-12(13)14-9)17-6-4-5-10(17)8-16(2)3/h7,10H,4-6,8H2,1-3H3. The molecule has 2 heterocycles. The summed E-state index contributed by atoms with van der Waals surface area (Å²) in [5.74, 6) is 0.965. The van der Waals surface area contributed by atoms with E-state index < -0.39 is 0 Å². The third-order valence-corrected chi connectivity index (χ3v) is 3.23. The Balaban J connectivity index is 2.19. The highest BCUT2D eigenvalue weighted by Gasteiger charge is 2.26. The number of hydrogen-bond acceptors (Lipinski definition) is 4. The number of aryl methyl sites for hydroxylation is 1. The second kappa shape index (κ2) is 5.19. The zero-order valence-corrected chi connectivity index (χ0v) is 11.4. The van der Waals surface area contributed by atoms with E-state index in [1.165, 1.54) is 12.8 Å². The Morgan fingerprint density at radius 3 is 2.88 bits per heavy atom. The fraction of sp³-hybridized carbons (Fsp3) is 0.667. The van der Waals surface area contributed by atoms with Crippen molar-refractivity contribution in [2.45, 2.75) is 25.8 Å². The molecule has 94 valence electrons. The van der Waals surface area contributed by atoms with Gasteiger partial charge in [-0.1, -0.05) is 0 Å². The van der Waals surface area contributed by atoms with Gasteiger partial charge in [0.25, 0.3) is 0 Å². The quantitative estimate of drug-likeness (QED) is 0.772. The van der Waals surface area contributed by atoms with Crippen LogP contribution >= 0.6 is 11.6 Å². The predicted octanol–water partition coefficient (Wildman–Crippen LogP) is 1.97. The summed E-state index contributed by atoms with van der Waals surface area (Å²) in [5, 5.41) is 0.343. The predicted molar refractivity (Wildman–Crippen MR) is 70.7 cm³/mol. The van der Waals surface area contributed by atoms with Crippen molar-refractivity contribution in [1.82, 2.24) is 14.9 Å². The zero-order valence-electron chi connectivity index (χ0n) is 10.6. The van der Waals surface area contributed by atoms with Crippen LogP contribution in [0.5, 0.6) is 0 Å². The van der Waals surface area contributed by atoms with E-state index in [9.17, 15) is 0 Å². The molecule has 1 fully saturated rings. The Hall–Kier alpha value is -0.870. The molecule has 1 aliphatic heterocycles. The lowest BCUT2D eigenvalue weighted by atomic mass is 10.2. The molecular weight excluding hydrogens is 236 g/mol. The minimum Gasteiger partial charge on any atom is -0.352 e. The fourth-order valence-electron chi connectivity index (χ4n) is 2.41. The van der Waals surface area contributed by atoms with E-state index >= 15 is 0 Å². The van der Waals surface area contributed by atoms with Crippen molar-refractivity contribution in [1.29, 1.82) is 0 Å². The first-order valence-electron chi connectivity index (χ1n) is 5.99. The van der Waals surface area contributed by atoms with Crippen molar-refractivity contribution in [3.05, 3.63) is 17.0 Å². The van der Waals surface area contributed by atoms with Crippen molar-refractivity contribution < 1.29 is 0 Å². The second-order valence-corrected chi connectivity index (χ2v) is 5.23. The SMILES string of the molecule is Cc1cc(N2CCCC2CN(C)C)nc(Cl)n1. The molecule has 0 N–H and O–H groups in total. The van der Waals surface area contributed by atoms with Crippen LogP contribution in [0.2, 0.25) is 5.28 Å². The number of nitrogens with zero attached hydrogens (tertiary/aromatic N) is 4. The van der Waals surface area contributed by atoms with Crippen LogP contribution in [0.3, 0.4) is 0 Å². The van der Waals surface area contributed by atoms with Crippen molar-refractivity contribution in [2.24, 2.45) is 0 Å². The van der Waals surface area contributed by atoms with Gasteiger partial charge in [0.1, 0.15) is 5.82 Å². The molecule has 1 unspecified atom stereocenters. The van der Waals surface area contributed by atoms with Crippen molar-refractivity contribution >= 4 is 17.4 Å². The maximum absolute atomic E-state index is 5.92. The topological polar surface area (TPSA) is 32.3 Å². The molecule has 1 saturated heterocycles. The molecular formula is C12H19ClN4. The van der Waals surface area contributed by atoms with Crippen LogP contribution in [-0.2, 0) is 0 Å². The van der Waals surface area contributed by atoms with Crippen LogP contribution in [0.15, 0.2) is 6.07 Å². The highest BCUT2D eigenvalue weighted by atomic mass is 35.5. The molecule has 0 aromatic carbocycles. The molecule has 0 bridgehead atoms. The largest absolute Gasteiger partial charge is 0.352 e. The number of likely N-dealkylation sites (N-methyl/N-ethyl adjacent to an activating group) is 1. The van der Waals surface area contributed by atoms with Crippen LogP contribution in [0.25, 0.3) is 0 Å². The lowest BCUT2D eigenvalue weighted by Crippen LogP contribution is -2.38. The smallest absolute Gasteiger partial charge is 0.224 e. The van der Waals surface area contributed by atoms with Crippen LogP contribution in [0.1, 0.15) is 18.5 Å². The highest BCUT2D eigenvalue weighted by Crippen LogP contribution is 2.25. The van der Waals surface area contributed by atoms with Crippen molar-refractivity contribution in [3.63, 3.8) is 0 Å². The van der Waals surface area contributed by atoms with Gasteiger partial charge in [0, 0.05) is 30.9 Å². The number of rotatable bonds is 3. The molecule has 1 aromatic heterocycles. The van der Waals surface area contributed by atoms with E-state index in [0.29, 0.717) is 11.3 Å². The van der Waals surface area contributed by atoms with Gasteiger partial charge in [-0.3, -0.25) is 0 Å². The lowest BCUT2D eigenvalue weighted by molar-refractivity contribution is 0.371. The Morgan fingerprint density at radius 2 is 2.24 bits per heavy atom. The summed E-state index contributed by atoms with van der Waals surface area (Å²) >= 11 is 5.92. The number of halogens is 1. The first-order chi connectivity index (χ1) is 8.06. The summed E-state index contributed by atoms with van der Waals surface area (Å²) in [4.78, 5) is 13.0. The molecule has 0 amide bonds. The molecule has 0 radical (unpaired) electrons. The molecule has 1 aliphatic rings. The van der Waals surface area contributed by atoms with E-state index in [4.69, 9.17) is 11.6 Å². The van der Waals surface area contributed by atoms with E-state index in [2.05, 4.69) is 33.9 Å². The van der Waals surface area contributed by atoms with Gasteiger partial charge >= 0.3 is 0 Å². The Morgan fingerprint density at radius 1 is 1.47 bits per heavy atom. The van der Waals surface area contributed by atoms with Gasteiger partial charge < -0.3 is 9.80 Å². The first-order valence-corrected chi connectivity index (χ1v) is 6.36. The lowest BCUT2D eigenvalue weighted by Gasteiger charge is -2.28. The van der Waals surface area contributed by atoms with Gasteiger partial charge in [-0.05, 0) is 45.5 Å². The highest BCUT2D eigenvalue weighted by molar-refractivity contribution is 6.28. The van der Waals surface area contributed by atoms with Crippen LogP contribution in [0, 0.1) is 6.92 Å². The van der Waals surface area contributed by atoms with Gasteiger partial charge in [-0.25, -0.2) is 9.97 Å². The van der Waals surface area contributed by atoms with Gasteiger partial charge in [0.2, 0.25) is 5.28 Å². The molecule has 0 spiro atoms. The molecule has 0 aliphatic carbocycles. The summed E-state index contributed by atoms with van der Waals surface area (Å²) in [5.41, 5.74) is 0.926. The Bertz CT molecular complexity index is 374. The summed E-state index contributed by atoms with van der Waals surface area (Å²) in [6, 6.07) is 2.55. The molecule has 0 saturated carbocycles. The first kappa shape index (κ1) is 12.6. The second-order valence-electron chi connectivity index (χ2n) is 4.89. The molecule has 5 heteroatoms. The van der Waals surface area contributed by atoms with E-state index in [1.807, 2.05) is 13.0 Å². The summed E-state index contributed by atoms with van der Waals surface area (Å²) in [7, 11) is 4.21. The van der Waals surface area contributed by atoms with Crippen LogP contribution in [0.4, 0.5) is 5.82 Å². The van der Waals surface area contributed by atoms with Gasteiger partial charge in [0.05, 0.1) is 0 Å². The molecule has 17 heavy (non-hydrogen) atoms. The van der Waals surface area contributed by atoms with Crippen LogP contribution in [-0.4, -0.2) is 48.1 Å². The van der Waals surface area contributed by atoms with Crippen LogP contribution < -0.4 is 4.90 Å². The minimum atomic E-state index is 0.343. The van der Waals surface area contributed by atoms with Gasteiger partial charge in [0.15, 0.2) is 0 Å². The molecule has 4 nitrogen and oxygen atoms in total. The third-order valence-electron chi connectivity index (χ3n) is 3.06. The molecule has 1 aromatic rings. The maximum Gasteiger partial charge on any atom is 0.224 e. The fourth-order valence-corrected chi connectivity index (χ4v) is 2.63. The summed E-state index contributed by atoms with van der Waals surface area (Å²) in [6.45, 7) is 4.07. The van der Waals surface area contributed by atoms with Gasteiger partial charge in [-0.15, -0.1) is 0 Å². The Kier molecular flexibility index (Phi) is 3.84. The van der Waals surface area contributed by atoms with Gasteiger partial charge in [-0.2, -0.15) is 0 Å².